The van der Waals surface area contributed by atoms with Crippen LogP contribution in [0.4, 0.5) is 0 Å². The summed E-state index contributed by atoms with van der Waals surface area (Å²) in [4.78, 5) is 0. The third-order valence-corrected chi connectivity index (χ3v) is 6.21. The summed E-state index contributed by atoms with van der Waals surface area (Å²) in [6.45, 7) is 0. The van der Waals surface area contributed by atoms with Gasteiger partial charge >= 0.3 is 0 Å². The Kier molecular flexibility index (Phi) is 3.12. The Labute approximate surface area is 122 Å². The maximum Gasteiger partial charge on any atom is 0.0465 e. The fraction of sp³-hybridized carbons (Fsp3) is 0.667. The fourth-order valence-electron chi connectivity index (χ4n) is 5.93. The van der Waals surface area contributed by atoms with Gasteiger partial charge in [0.05, 0.1) is 0 Å². The average molecular weight is 270 g/mol. The van der Waals surface area contributed by atoms with Gasteiger partial charge in [-0.15, -0.1) is 0 Å². The molecule has 108 valence electrons. The highest BCUT2D eigenvalue weighted by Crippen LogP contribution is 2.62. The van der Waals surface area contributed by atoms with E-state index >= 15 is 0 Å². The van der Waals surface area contributed by atoms with Crippen LogP contribution >= 0.6 is 0 Å². The second-order valence-electron chi connectivity index (χ2n) is 7.75. The van der Waals surface area contributed by atoms with E-state index in [-0.39, 0.29) is 0 Å². The topological polar surface area (TPSA) is 38.0 Å². The second kappa shape index (κ2) is 4.85. The summed E-state index contributed by atoms with van der Waals surface area (Å²) in [5, 5.41) is 0. The van der Waals surface area contributed by atoms with E-state index in [0.29, 0.717) is 11.5 Å². The van der Waals surface area contributed by atoms with Crippen LogP contribution in [0, 0.1) is 23.2 Å². The lowest BCUT2D eigenvalue weighted by Crippen LogP contribution is -2.47. The summed E-state index contributed by atoms with van der Waals surface area (Å²) >= 11 is 0. The van der Waals surface area contributed by atoms with Crippen molar-refractivity contribution in [1.29, 1.82) is 0 Å². The van der Waals surface area contributed by atoms with Crippen molar-refractivity contribution < 1.29 is 0 Å². The summed E-state index contributed by atoms with van der Waals surface area (Å²) in [7, 11) is 0. The van der Waals surface area contributed by atoms with Gasteiger partial charge in [0, 0.05) is 6.04 Å². The number of nitrogens with one attached hydrogen (secondary N) is 1. The van der Waals surface area contributed by atoms with Crippen LogP contribution in [0.25, 0.3) is 0 Å². The number of hydrogen-bond donors (Lipinski definition) is 2. The molecule has 1 atom stereocenters. The minimum Gasteiger partial charge on any atom is -0.271 e. The van der Waals surface area contributed by atoms with Crippen molar-refractivity contribution in [2.45, 2.75) is 51.0 Å². The quantitative estimate of drug-likeness (QED) is 0.645. The van der Waals surface area contributed by atoms with Gasteiger partial charge in [-0.05, 0) is 73.7 Å². The molecule has 0 heterocycles. The number of nitrogens with two attached hydrogens (primary N) is 1. The molecule has 20 heavy (non-hydrogen) atoms. The molecule has 1 aromatic carbocycles. The van der Waals surface area contributed by atoms with Crippen LogP contribution in [-0.2, 0) is 0 Å². The Balaban J connectivity index is 1.55. The highest BCUT2D eigenvalue weighted by Gasteiger charge is 2.51. The van der Waals surface area contributed by atoms with Gasteiger partial charge in [-0.3, -0.25) is 11.3 Å². The SMILES string of the molecule is NNC(CC12CC3CC(CC(C3)C1)C2)c1ccccc1. The normalized spacial score (nSPS) is 40.0. The van der Waals surface area contributed by atoms with Crippen molar-refractivity contribution >= 4 is 0 Å². The smallest absolute Gasteiger partial charge is 0.0465 e. The van der Waals surface area contributed by atoms with E-state index in [9.17, 15) is 0 Å². The summed E-state index contributed by atoms with van der Waals surface area (Å²) < 4.78 is 0. The average Bonchev–Trinajstić information content (AvgIpc) is 2.44. The van der Waals surface area contributed by atoms with Gasteiger partial charge in [-0.25, -0.2) is 0 Å². The molecule has 3 N–H and O–H groups in total. The van der Waals surface area contributed by atoms with Crippen molar-refractivity contribution in [3.8, 4) is 0 Å². The van der Waals surface area contributed by atoms with E-state index < -0.39 is 0 Å². The maximum absolute atomic E-state index is 5.88. The van der Waals surface area contributed by atoms with E-state index in [4.69, 9.17) is 5.84 Å². The lowest BCUT2D eigenvalue weighted by atomic mass is 9.48. The first-order valence-electron chi connectivity index (χ1n) is 8.27. The molecule has 0 radical (unpaired) electrons. The van der Waals surface area contributed by atoms with Crippen molar-refractivity contribution in [2.24, 2.45) is 29.0 Å². The van der Waals surface area contributed by atoms with Crippen molar-refractivity contribution in [1.82, 2.24) is 5.43 Å². The van der Waals surface area contributed by atoms with Gasteiger partial charge in [-0.1, -0.05) is 30.3 Å². The fourth-order valence-corrected chi connectivity index (χ4v) is 5.93. The molecule has 4 aliphatic carbocycles. The molecule has 0 amide bonds. The van der Waals surface area contributed by atoms with E-state index in [2.05, 4.69) is 35.8 Å². The molecule has 1 aromatic rings. The zero-order valence-electron chi connectivity index (χ0n) is 12.2. The van der Waals surface area contributed by atoms with Crippen LogP contribution in [0.1, 0.15) is 56.6 Å². The highest BCUT2D eigenvalue weighted by atomic mass is 15.2. The van der Waals surface area contributed by atoms with Crippen LogP contribution in [0.3, 0.4) is 0 Å². The molecule has 4 fully saturated rings. The Morgan fingerprint density at radius 3 is 2.05 bits per heavy atom. The van der Waals surface area contributed by atoms with Gasteiger partial charge in [0.1, 0.15) is 0 Å². The lowest BCUT2D eigenvalue weighted by Gasteiger charge is -2.57. The molecular formula is C18H26N2. The molecule has 2 nitrogen and oxygen atoms in total. The Morgan fingerprint density at radius 2 is 1.55 bits per heavy atom. The van der Waals surface area contributed by atoms with Crippen LogP contribution in [-0.4, -0.2) is 0 Å². The minimum absolute atomic E-state index is 0.326. The van der Waals surface area contributed by atoms with Gasteiger partial charge < -0.3 is 0 Å². The molecule has 4 aliphatic rings. The third kappa shape index (κ3) is 2.19. The predicted octanol–water partition coefficient (Wildman–Crippen LogP) is 3.80. The van der Waals surface area contributed by atoms with Crippen LogP contribution in [0.15, 0.2) is 30.3 Å². The zero-order valence-corrected chi connectivity index (χ0v) is 12.2. The first kappa shape index (κ1) is 12.8. The molecular weight excluding hydrogens is 244 g/mol. The van der Waals surface area contributed by atoms with Gasteiger partial charge in [0.15, 0.2) is 0 Å². The van der Waals surface area contributed by atoms with Gasteiger partial charge in [0.2, 0.25) is 0 Å². The predicted molar refractivity (Wildman–Crippen MR) is 81.7 cm³/mol. The number of benzene rings is 1. The molecule has 2 heteroatoms. The number of hydrogen-bond acceptors (Lipinski definition) is 2. The molecule has 0 saturated heterocycles. The largest absolute Gasteiger partial charge is 0.271 e. The number of hydrazine groups is 1. The summed E-state index contributed by atoms with van der Waals surface area (Å²) in [6, 6.07) is 11.1. The monoisotopic (exact) mass is 270 g/mol. The zero-order chi connectivity index (χ0) is 13.6. The Hall–Kier alpha value is -0.860. The molecule has 0 aromatic heterocycles. The van der Waals surface area contributed by atoms with E-state index in [1.165, 1.54) is 50.5 Å². The molecule has 0 aliphatic heterocycles. The molecule has 5 rings (SSSR count). The standard InChI is InChI=1S/C18H26N2/c19-20-17(16-4-2-1-3-5-16)12-18-9-13-6-14(10-18)8-15(7-13)11-18/h1-5,13-15,17,20H,6-12,19H2. The first-order chi connectivity index (χ1) is 9.76. The van der Waals surface area contributed by atoms with Crippen LogP contribution < -0.4 is 11.3 Å². The molecule has 0 spiro atoms. The van der Waals surface area contributed by atoms with Crippen molar-refractivity contribution in [3.63, 3.8) is 0 Å². The van der Waals surface area contributed by atoms with Crippen LogP contribution in [0.5, 0.6) is 0 Å². The molecule has 4 bridgehead atoms. The van der Waals surface area contributed by atoms with Gasteiger partial charge in [-0.2, -0.15) is 0 Å². The van der Waals surface area contributed by atoms with Crippen LogP contribution in [0.2, 0.25) is 0 Å². The maximum atomic E-state index is 5.88. The minimum atomic E-state index is 0.326. The van der Waals surface area contributed by atoms with E-state index in [1.807, 2.05) is 0 Å². The first-order valence-corrected chi connectivity index (χ1v) is 8.27. The third-order valence-electron chi connectivity index (χ3n) is 6.21. The Bertz CT molecular complexity index is 432. The number of rotatable bonds is 4. The van der Waals surface area contributed by atoms with Crippen molar-refractivity contribution in [2.75, 3.05) is 0 Å². The Morgan fingerprint density at radius 1 is 1.00 bits per heavy atom. The highest BCUT2D eigenvalue weighted by molar-refractivity contribution is 5.19. The van der Waals surface area contributed by atoms with E-state index in [0.717, 1.165) is 17.8 Å². The molecule has 1 unspecified atom stereocenters. The second-order valence-corrected chi connectivity index (χ2v) is 7.75. The van der Waals surface area contributed by atoms with Gasteiger partial charge in [0.25, 0.3) is 0 Å². The summed E-state index contributed by atoms with van der Waals surface area (Å²) in [5.74, 6) is 8.95. The lowest BCUT2D eigenvalue weighted by molar-refractivity contribution is -0.0623. The summed E-state index contributed by atoms with van der Waals surface area (Å²) in [5.41, 5.74) is 5.03. The van der Waals surface area contributed by atoms with Crippen molar-refractivity contribution in [3.05, 3.63) is 35.9 Å². The molecule has 4 saturated carbocycles. The van der Waals surface area contributed by atoms with E-state index in [1.54, 1.807) is 0 Å². The summed E-state index contributed by atoms with van der Waals surface area (Å²) in [6.07, 6.45) is 10.2.